The fourth-order valence-electron chi connectivity index (χ4n) is 3.33. The van der Waals surface area contributed by atoms with Crippen LogP contribution in [-0.4, -0.2) is 48.5 Å². The second-order valence-electron chi connectivity index (χ2n) is 6.18. The average Bonchev–Trinajstić information content (AvgIpc) is 2.55. The van der Waals surface area contributed by atoms with Crippen molar-refractivity contribution in [2.45, 2.75) is 25.7 Å². The number of carbonyl (C=O) groups is 1. The highest BCUT2D eigenvalue weighted by atomic mass is 16.6. The maximum atomic E-state index is 11.8. The van der Waals surface area contributed by atoms with Gasteiger partial charge >= 0.3 is 0 Å². The van der Waals surface area contributed by atoms with Gasteiger partial charge in [-0.05, 0) is 45.0 Å². The summed E-state index contributed by atoms with van der Waals surface area (Å²) in [5.74, 6) is -0.115. The van der Waals surface area contributed by atoms with Crippen LogP contribution in [0.2, 0.25) is 0 Å². The molecule has 0 spiro atoms. The van der Waals surface area contributed by atoms with Gasteiger partial charge in [-0.1, -0.05) is 6.42 Å². The number of piperidine rings is 1. The van der Waals surface area contributed by atoms with Crippen LogP contribution >= 0.6 is 0 Å². The van der Waals surface area contributed by atoms with E-state index in [1.807, 2.05) is 4.90 Å². The fourth-order valence-corrected chi connectivity index (χ4v) is 3.33. The molecular weight excluding hydrogens is 296 g/mol. The van der Waals surface area contributed by atoms with Gasteiger partial charge in [0.1, 0.15) is 0 Å². The topological polar surface area (TPSA) is 78.7 Å². The van der Waals surface area contributed by atoms with E-state index >= 15 is 0 Å². The molecular formula is C16H22N4O3. The van der Waals surface area contributed by atoms with Gasteiger partial charge in [-0.15, -0.1) is 0 Å². The van der Waals surface area contributed by atoms with Gasteiger partial charge in [0.2, 0.25) is 5.91 Å². The highest BCUT2D eigenvalue weighted by Crippen LogP contribution is 2.32. The molecule has 3 rings (SSSR count). The van der Waals surface area contributed by atoms with Gasteiger partial charge in [-0.2, -0.15) is 0 Å². The van der Waals surface area contributed by atoms with Crippen molar-refractivity contribution in [3.63, 3.8) is 0 Å². The summed E-state index contributed by atoms with van der Waals surface area (Å²) in [6.07, 6.45) is 4.87. The molecule has 1 N–H and O–H groups in total. The number of likely N-dealkylation sites (tertiary alicyclic amines) is 1. The van der Waals surface area contributed by atoms with Crippen LogP contribution < -0.4 is 10.2 Å². The lowest BCUT2D eigenvalue weighted by Gasteiger charge is -2.32. The summed E-state index contributed by atoms with van der Waals surface area (Å²) in [5.41, 5.74) is 1.40. The van der Waals surface area contributed by atoms with Gasteiger partial charge in [0, 0.05) is 18.7 Å². The molecule has 2 aliphatic heterocycles. The minimum Gasteiger partial charge on any atom is -0.360 e. The smallest absolute Gasteiger partial charge is 0.271 e. The Labute approximate surface area is 135 Å². The Hall–Kier alpha value is -2.15. The van der Waals surface area contributed by atoms with Crippen LogP contribution in [0.3, 0.4) is 0 Å². The molecule has 1 saturated heterocycles. The van der Waals surface area contributed by atoms with Gasteiger partial charge in [0.15, 0.2) is 0 Å². The molecule has 0 radical (unpaired) electrons. The molecule has 1 aromatic carbocycles. The van der Waals surface area contributed by atoms with Gasteiger partial charge in [-0.25, -0.2) is 0 Å². The molecule has 124 valence electrons. The Balaban J connectivity index is 1.64. The molecule has 0 atom stereocenters. The van der Waals surface area contributed by atoms with Crippen molar-refractivity contribution in [1.82, 2.24) is 4.90 Å². The molecule has 0 saturated carbocycles. The van der Waals surface area contributed by atoms with Crippen LogP contribution in [0.1, 0.15) is 25.7 Å². The monoisotopic (exact) mass is 318 g/mol. The largest absolute Gasteiger partial charge is 0.360 e. The maximum absolute atomic E-state index is 11.8. The molecule has 7 heteroatoms. The minimum atomic E-state index is -0.443. The number of nitrogens with zero attached hydrogens (tertiary/aromatic N) is 3. The average molecular weight is 318 g/mol. The Morgan fingerprint density at radius 1 is 1.17 bits per heavy atom. The summed E-state index contributed by atoms with van der Waals surface area (Å²) in [7, 11) is 0. The van der Waals surface area contributed by atoms with Gasteiger partial charge in [0.05, 0.1) is 22.8 Å². The van der Waals surface area contributed by atoms with Gasteiger partial charge < -0.3 is 15.1 Å². The summed E-state index contributed by atoms with van der Waals surface area (Å²) in [5, 5.41) is 13.6. The van der Waals surface area contributed by atoms with Crippen LogP contribution in [0.25, 0.3) is 0 Å². The first-order chi connectivity index (χ1) is 11.1. The highest BCUT2D eigenvalue weighted by molar-refractivity contribution is 6.01. The number of fused-ring (bicyclic) bond motifs is 1. The predicted molar refractivity (Wildman–Crippen MR) is 88.8 cm³/mol. The quantitative estimate of drug-likeness (QED) is 0.665. The van der Waals surface area contributed by atoms with Crippen molar-refractivity contribution in [2.24, 2.45) is 0 Å². The third kappa shape index (κ3) is 3.79. The summed E-state index contributed by atoms with van der Waals surface area (Å²) in [6.45, 7) is 4.48. The predicted octanol–water partition coefficient (Wildman–Crippen LogP) is 2.23. The van der Waals surface area contributed by atoms with Crippen LogP contribution in [0, 0.1) is 10.1 Å². The molecule has 2 heterocycles. The van der Waals surface area contributed by atoms with E-state index in [2.05, 4.69) is 10.2 Å². The zero-order chi connectivity index (χ0) is 16.2. The number of non-ortho nitro benzene ring substituents is 1. The Bertz CT molecular complexity index is 599. The Morgan fingerprint density at radius 2 is 1.96 bits per heavy atom. The molecule has 1 fully saturated rings. The number of hydrogen-bond donors (Lipinski definition) is 1. The number of rotatable bonds is 5. The van der Waals surface area contributed by atoms with Crippen LogP contribution in [0.15, 0.2) is 18.2 Å². The van der Waals surface area contributed by atoms with Crippen molar-refractivity contribution in [3.8, 4) is 0 Å². The lowest BCUT2D eigenvalue weighted by molar-refractivity contribution is -0.384. The van der Waals surface area contributed by atoms with E-state index in [0.717, 1.165) is 25.2 Å². The molecule has 0 unspecified atom stereocenters. The van der Waals surface area contributed by atoms with Crippen LogP contribution in [0.5, 0.6) is 0 Å². The van der Waals surface area contributed by atoms with Crippen LogP contribution in [-0.2, 0) is 4.79 Å². The normalized spacial score (nSPS) is 18.4. The minimum absolute atomic E-state index is 0.000725. The van der Waals surface area contributed by atoms with Gasteiger partial charge in [0.25, 0.3) is 5.69 Å². The second kappa shape index (κ2) is 6.95. The van der Waals surface area contributed by atoms with Crippen molar-refractivity contribution in [1.29, 1.82) is 0 Å². The van der Waals surface area contributed by atoms with E-state index in [0.29, 0.717) is 12.2 Å². The fraction of sp³-hybridized carbons (Fsp3) is 0.562. The molecule has 0 aliphatic carbocycles. The molecule has 7 nitrogen and oxygen atoms in total. The summed E-state index contributed by atoms with van der Waals surface area (Å²) in [6, 6.07) is 4.66. The highest BCUT2D eigenvalue weighted by Gasteiger charge is 2.24. The van der Waals surface area contributed by atoms with E-state index in [1.54, 1.807) is 6.07 Å². The Morgan fingerprint density at radius 3 is 2.70 bits per heavy atom. The lowest BCUT2D eigenvalue weighted by atomic mass is 10.1. The standard InChI is InChI=1S/C16H22N4O3/c21-16-12-19(10-4-9-18-7-2-1-3-8-18)15-6-5-13(20(22)23)11-14(15)17-16/h5-6,11H,1-4,7-10,12H2,(H,17,21). The van der Waals surface area contributed by atoms with E-state index < -0.39 is 4.92 Å². The maximum Gasteiger partial charge on any atom is 0.271 e. The number of amides is 1. The molecule has 2 aliphatic rings. The number of anilines is 2. The number of nitro groups is 1. The van der Waals surface area contributed by atoms with Gasteiger partial charge in [-0.3, -0.25) is 14.9 Å². The van der Waals surface area contributed by atoms with Crippen molar-refractivity contribution in [3.05, 3.63) is 28.3 Å². The molecule has 0 bridgehead atoms. The molecule has 1 aromatic rings. The van der Waals surface area contributed by atoms with Crippen molar-refractivity contribution < 1.29 is 9.72 Å². The molecule has 1 amide bonds. The van der Waals surface area contributed by atoms with Crippen LogP contribution in [0.4, 0.5) is 17.1 Å². The van der Waals surface area contributed by atoms with Crippen molar-refractivity contribution >= 4 is 23.0 Å². The first-order valence-electron chi connectivity index (χ1n) is 8.19. The summed E-state index contributed by atoms with van der Waals surface area (Å²) >= 11 is 0. The van der Waals surface area contributed by atoms with E-state index in [1.165, 1.54) is 44.5 Å². The van der Waals surface area contributed by atoms with E-state index in [-0.39, 0.29) is 11.6 Å². The first-order valence-corrected chi connectivity index (χ1v) is 8.19. The number of nitrogens with one attached hydrogen (secondary N) is 1. The number of carbonyl (C=O) groups excluding carboxylic acids is 1. The SMILES string of the molecule is O=C1CN(CCCN2CCCCC2)c2ccc([N+](=O)[O-])cc2N1. The summed E-state index contributed by atoms with van der Waals surface area (Å²) < 4.78 is 0. The van der Waals surface area contributed by atoms with E-state index in [4.69, 9.17) is 0 Å². The Kier molecular flexibility index (Phi) is 4.76. The van der Waals surface area contributed by atoms with Crippen molar-refractivity contribution in [2.75, 3.05) is 42.9 Å². The zero-order valence-corrected chi connectivity index (χ0v) is 13.2. The lowest BCUT2D eigenvalue weighted by Crippen LogP contribution is -2.40. The number of benzene rings is 1. The number of nitro benzene ring substituents is 1. The first kappa shape index (κ1) is 15.7. The summed E-state index contributed by atoms with van der Waals surface area (Å²) in [4.78, 5) is 26.8. The number of hydrogen-bond acceptors (Lipinski definition) is 5. The second-order valence-corrected chi connectivity index (χ2v) is 6.18. The third-order valence-corrected chi connectivity index (χ3v) is 4.49. The zero-order valence-electron chi connectivity index (χ0n) is 13.2. The molecule has 0 aromatic heterocycles. The third-order valence-electron chi connectivity index (χ3n) is 4.49. The molecule has 23 heavy (non-hydrogen) atoms. The van der Waals surface area contributed by atoms with E-state index in [9.17, 15) is 14.9 Å².